The van der Waals surface area contributed by atoms with Gasteiger partial charge in [-0.1, -0.05) is 0 Å². The van der Waals surface area contributed by atoms with E-state index in [1.54, 1.807) is 30.3 Å². The first-order chi connectivity index (χ1) is 12.0. The van der Waals surface area contributed by atoms with Gasteiger partial charge in [0.25, 0.3) is 5.91 Å². The summed E-state index contributed by atoms with van der Waals surface area (Å²) in [6, 6.07) is 11.3. The van der Waals surface area contributed by atoms with E-state index in [0.29, 0.717) is 24.2 Å². The van der Waals surface area contributed by atoms with Crippen LogP contribution in [0.4, 0.5) is 10.1 Å². The third-order valence-corrected chi connectivity index (χ3v) is 3.88. The van der Waals surface area contributed by atoms with Crippen molar-refractivity contribution >= 4 is 28.4 Å². The van der Waals surface area contributed by atoms with Crippen LogP contribution in [0, 0.1) is 5.82 Å². The Bertz CT molecular complexity index is 916. The lowest BCUT2D eigenvalue weighted by Crippen LogP contribution is -2.25. The number of amides is 2. The Labute approximate surface area is 144 Å². The fourth-order valence-electron chi connectivity index (χ4n) is 2.68. The van der Waals surface area contributed by atoms with Gasteiger partial charge in [-0.3, -0.25) is 9.59 Å². The second-order valence-electron chi connectivity index (χ2n) is 5.77. The van der Waals surface area contributed by atoms with E-state index in [2.05, 4.69) is 15.6 Å². The number of fused-ring (bicyclic) bond motifs is 1. The molecule has 0 fully saturated rings. The van der Waals surface area contributed by atoms with E-state index in [1.807, 2.05) is 6.20 Å². The molecular formula is C19H18FN3O2. The van der Waals surface area contributed by atoms with Gasteiger partial charge in [0.15, 0.2) is 0 Å². The predicted octanol–water partition coefficient (Wildman–Crippen LogP) is 3.24. The molecule has 2 aromatic carbocycles. The van der Waals surface area contributed by atoms with Gasteiger partial charge < -0.3 is 15.6 Å². The summed E-state index contributed by atoms with van der Waals surface area (Å²) in [4.78, 5) is 26.2. The standard InChI is InChI=1S/C19H18FN3O2/c1-12(24)23-16-5-2-13(3-6-16)19(25)21-9-8-14-11-22-18-7-4-15(20)10-17(14)18/h2-7,10-11,22H,8-9H2,1H3,(H,21,25)(H,23,24). The van der Waals surface area contributed by atoms with Crippen molar-refractivity contribution < 1.29 is 14.0 Å². The Balaban J connectivity index is 1.58. The van der Waals surface area contributed by atoms with E-state index in [0.717, 1.165) is 16.5 Å². The summed E-state index contributed by atoms with van der Waals surface area (Å²) in [5, 5.41) is 6.32. The molecule has 0 spiro atoms. The van der Waals surface area contributed by atoms with Gasteiger partial charge in [0.2, 0.25) is 5.91 Å². The van der Waals surface area contributed by atoms with Crippen LogP contribution in [0.5, 0.6) is 0 Å². The van der Waals surface area contributed by atoms with Gasteiger partial charge in [0.05, 0.1) is 0 Å². The molecule has 128 valence electrons. The molecule has 0 unspecified atom stereocenters. The number of H-pyrrole nitrogens is 1. The number of benzene rings is 2. The van der Waals surface area contributed by atoms with Crippen molar-refractivity contribution in [3.8, 4) is 0 Å². The number of halogens is 1. The fourth-order valence-corrected chi connectivity index (χ4v) is 2.68. The number of aromatic amines is 1. The minimum absolute atomic E-state index is 0.160. The highest BCUT2D eigenvalue weighted by Gasteiger charge is 2.08. The molecule has 1 aromatic heterocycles. The van der Waals surface area contributed by atoms with Crippen molar-refractivity contribution in [1.82, 2.24) is 10.3 Å². The highest BCUT2D eigenvalue weighted by Crippen LogP contribution is 2.19. The molecule has 3 aromatic rings. The summed E-state index contributed by atoms with van der Waals surface area (Å²) in [5.74, 6) is -0.635. The van der Waals surface area contributed by atoms with Crippen LogP contribution in [0.25, 0.3) is 10.9 Å². The molecule has 5 nitrogen and oxygen atoms in total. The van der Waals surface area contributed by atoms with Gasteiger partial charge in [-0.15, -0.1) is 0 Å². The molecule has 3 N–H and O–H groups in total. The van der Waals surface area contributed by atoms with Crippen molar-refractivity contribution in [3.05, 3.63) is 65.6 Å². The normalized spacial score (nSPS) is 10.6. The summed E-state index contributed by atoms with van der Waals surface area (Å²) in [6.45, 7) is 1.87. The smallest absolute Gasteiger partial charge is 0.251 e. The van der Waals surface area contributed by atoms with Gasteiger partial charge in [-0.2, -0.15) is 0 Å². The minimum atomic E-state index is -0.281. The maximum atomic E-state index is 13.4. The molecule has 0 aliphatic carbocycles. The number of aromatic nitrogens is 1. The topological polar surface area (TPSA) is 74.0 Å². The maximum absolute atomic E-state index is 13.4. The van der Waals surface area contributed by atoms with E-state index in [1.165, 1.54) is 19.1 Å². The highest BCUT2D eigenvalue weighted by atomic mass is 19.1. The summed E-state index contributed by atoms with van der Waals surface area (Å²) in [5.41, 5.74) is 2.98. The second kappa shape index (κ2) is 7.17. The average Bonchev–Trinajstić information content (AvgIpc) is 2.97. The molecule has 0 radical (unpaired) electrons. The van der Waals surface area contributed by atoms with Crippen LogP contribution >= 0.6 is 0 Å². The van der Waals surface area contributed by atoms with Crippen molar-refractivity contribution in [3.63, 3.8) is 0 Å². The van der Waals surface area contributed by atoms with Gasteiger partial charge >= 0.3 is 0 Å². The van der Waals surface area contributed by atoms with Crippen molar-refractivity contribution in [2.45, 2.75) is 13.3 Å². The number of carbonyl (C=O) groups excluding carboxylic acids is 2. The largest absolute Gasteiger partial charge is 0.361 e. The summed E-state index contributed by atoms with van der Waals surface area (Å²) in [6.07, 6.45) is 2.43. The Morgan fingerprint density at radius 3 is 2.60 bits per heavy atom. The van der Waals surface area contributed by atoms with E-state index < -0.39 is 0 Å². The van der Waals surface area contributed by atoms with E-state index in [-0.39, 0.29) is 17.6 Å². The lowest BCUT2D eigenvalue weighted by Gasteiger charge is -2.06. The molecule has 0 saturated heterocycles. The number of nitrogens with one attached hydrogen (secondary N) is 3. The molecule has 1 heterocycles. The molecule has 3 rings (SSSR count). The number of carbonyl (C=O) groups is 2. The van der Waals surface area contributed by atoms with Crippen LogP contribution in [-0.2, 0) is 11.2 Å². The summed E-state index contributed by atoms with van der Waals surface area (Å²) < 4.78 is 13.4. The first-order valence-electron chi connectivity index (χ1n) is 7.94. The van der Waals surface area contributed by atoms with E-state index >= 15 is 0 Å². The van der Waals surface area contributed by atoms with Crippen LogP contribution in [0.3, 0.4) is 0 Å². The van der Waals surface area contributed by atoms with Gasteiger partial charge in [-0.05, 0) is 54.4 Å². The maximum Gasteiger partial charge on any atom is 0.251 e. The van der Waals surface area contributed by atoms with Crippen molar-refractivity contribution in [2.24, 2.45) is 0 Å². The number of rotatable bonds is 5. The molecule has 2 amide bonds. The molecule has 25 heavy (non-hydrogen) atoms. The average molecular weight is 339 g/mol. The third kappa shape index (κ3) is 4.03. The number of hydrogen-bond donors (Lipinski definition) is 3. The van der Waals surface area contributed by atoms with Crippen LogP contribution in [0.1, 0.15) is 22.8 Å². The van der Waals surface area contributed by atoms with E-state index in [9.17, 15) is 14.0 Å². The monoisotopic (exact) mass is 339 g/mol. The zero-order chi connectivity index (χ0) is 17.8. The van der Waals surface area contributed by atoms with Gasteiger partial charge in [0.1, 0.15) is 5.82 Å². The van der Waals surface area contributed by atoms with Crippen LogP contribution in [0.2, 0.25) is 0 Å². The van der Waals surface area contributed by atoms with Crippen molar-refractivity contribution in [2.75, 3.05) is 11.9 Å². The van der Waals surface area contributed by atoms with Crippen LogP contribution in [-0.4, -0.2) is 23.3 Å². The van der Waals surface area contributed by atoms with Crippen LogP contribution in [0.15, 0.2) is 48.7 Å². The van der Waals surface area contributed by atoms with E-state index in [4.69, 9.17) is 0 Å². The highest BCUT2D eigenvalue weighted by molar-refractivity contribution is 5.95. The lowest BCUT2D eigenvalue weighted by molar-refractivity contribution is -0.114. The Hall–Kier alpha value is -3.15. The van der Waals surface area contributed by atoms with Crippen molar-refractivity contribution in [1.29, 1.82) is 0 Å². The summed E-state index contributed by atoms with van der Waals surface area (Å²) in [7, 11) is 0. The first kappa shape index (κ1) is 16.7. The molecule has 0 bridgehead atoms. The number of anilines is 1. The first-order valence-corrected chi connectivity index (χ1v) is 7.94. The molecule has 6 heteroatoms. The Kier molecular flexibility index (Phi) is 4.79. The zero-order valence-corrected chi connectivity index (χ0v) is 13.7. The Morgan fingerprint density at radius 1 is 1.12 bits per heavy atom. The Morgan fingerprint density at radius 2 is 1.88 bits per heavy atom. The molecular weight excluding hydrogens is 321 g/mol. The third-order valence-electron chi connectivity index (χ3n) is 3.88. The minimum Gasteiger partial charge on any atom is -0.361 e. The second-order valence-corrected chi connectivity index (χ2v) is 5.77. The lowest BCUT2D eigenvalue weighted by atomic mass is 10.1. The number of hydrogen-bond acceptors (Lipinski definition) is 2. The fraction of sp³-hybridized carbons (Fsp3) is 0.158. The van der Waals surface area contributed by atoms with Gasteiger partial charge in [0, 0.05) is 41.8 Å². The summed E-state index contributed by atoms with van der Waals surface area (Å²) >= 11 is 0. The molecule has 0 saturated carbocycles. The molecule has 0 atom stereocenters. The molecule has 0 aliphatic rings. The SMILES string of the molecule is CC(=O)Nc1ccc(C(=O)NCCc2c[nH]c3ccc(F)cc23)cc1. The predicted molar refractivity (Wildman–Crippen MR) is 95.0 cm³/mol. The zero-order valence-electron chi connectivity index (χ0n) is 13.7. The molecule has 0 aliphatic heterocycles. The quantitative estimate of drug-likeness (QED) is 0.668. The van der Waals surface area contributed by atoms with Gasteiger partial charge in [-0.25, -0.2) is 4.39 Å². The van der Waals surface area contributed by atoms with Crippen LogP contribution < -0.4 is 10.6 Å².